The fraction of sp³-hybridized carbons (Fsp3) is 0.105. The molecule has 0 radical (unpaired) electrons. The standard InChI is InChI=1S/C19H16N2O3/c1-13-8-9-14(2)20(13)18-11-10-16(21(23)24)12-17(18)19(22)15-6-4-3-5-7-15/h3-12H,1-2H3. The van der Waals surface area contributed by atoms with Gasteiger partial charge in [-0.05, 0) is 32.0 Å². The van der Waals surface area contributed by atoms with Gasteiger partial charge in [0.1, 0.15) is 0 Å². The van der Waals surface area contributed by atoms with E-state index in [0.29, 0.717) is 16.8 Å². The van der Waals surface area contributed by atoms with Gasteiger partial charge in [0.05, 0.1) is 16.2 Å². The Hall–Kier alpha value is -3.21. The summed E-state index contributed by atoms with van der Waals surface area (Å²) in [5.41, 5.74) is 3.29. The van der Waals surface area contributed by atoms with Crippen molar-refractivity contribution in [1.29, 1.82) is 0 Å². The number of hydrogen-bond acceptors (Lipinski definition) is 3. The highest BCUT2D eigenvalue weighted by Crippen LogP contribution is 2.26. The van der Waals surface area contributed by atoms with Crippen LogP contribution in [0.15, 0.2) is 60.7 Å². The van der Waals surface area contributed by atoms with Gasteiger partial charge in [0.2, 0.25) is 0 Å². The highest BCUT2D eigenvalue weighted by molar-refractivity contribution is 6.11. The second-order valence-corrected chi connectivity index (χ2v) is 5.61. The molecule has 3 aromatic rings. The molecule has 0 aliphatic rings. The topological polar surface area (TPSA) is 65.1 Å². The predicted octanol–water partition coefficient (Wildman–Crippen LogP) is 4.23. The lowest BCUT2D eigenvalue weighted by molar-refractivity contribution is -0.384. The Labute approximate surface area is 139 Å². The van der Waals surface area contributed by atoms with Gasteiger partial charge in [-0.15, -0.1) is 0 Å². The highest BCUT2D eigenvalue weighted by Gasteiger charge is 2.20. The summed E-state index contributed by atoms with van der Waals surface area (Å²) in [6.07, 6.45) is 0. The molecule has 0 saturated carbocycles. The molecular weight excluding hydrogens is 304 g/mol. The van der Waals surface area contributed by atoms with Crippen LogP contribution in [-0.4, -0.2) is 15.3 Å². The molecule has 0 unspecified atom stereocenters. The third kappa shape index (κ3) is 2.72. The van der Waals surface area contributed by atoms with E-state index in [4.69, 9.17) is 0 Å². The monoisotopic (exact) mass is 320 g/mol. The molecule has 5 heteroatoms. The quantitative estimate of drug-likeness (QED) is 0.410. The minimum absolute atomic E-state index is 0.0968. The number of nitrogens with zero attached hydrogens (tertiary/aromatic N) is 2. The van der Waals surface area contributed by atoms with Gasteiger partial charge in [0.25, 0.3) is 5.69 Å². The zero-order valence-corrected chi connectivity index (χ0v) is 13.4. The molecule has 0 aliphatic heterocycles. The number of carbonyl (C=O) groups excluding carboxylic acids is 1. The number of nitro benzene ring substituents is 1. The van der Waals surface area contributed by atoms with Crippen molar-refractivity contribution in [2.75, 3.05) is 0 Å². The Kier molecular flexibility index (Phi) is 4.00. The molecule has 2 aromatic carbocycles. The maximum absolute atomic E-state index is 12.9. The van der Waals surface area contributed by atoms with Crippen LogP contribution in [0.1, 0.15) is 27.3 Å². The van der Waals surface area contributed by atoms with Gasteiger partial charge in [0, 0.05) is 29.1 Å². The van der Waals surface area contributed by atoms with Crippen LogP contribution in [0.4, 0.5) is 5.69 Å². The molecule has 1 heterocycles. The summed E-state index contributed by atoms with van der Waals surface area (Å²) in [5.74, 6) is -0.234. The van der Waals surface area contributed by atoms with Crippen molar-refractivity contribution in [2.45, 2.75) is 13.8 Å². The van der Waals surface area contributed by atoms with E-state index in [9.17, 15) is 14.9 Å². The molecule has 1 aromatic heterocycles. The van der Waals surface area contributed by atoms with Crippen molar-refractivity contribution in [1.82, 2.24) is 4.57 Å². The molecule has 0 aliphatic carbocycles. The van der Waals surface area contributed by atoms with Gasteiger partial charge >= 0.3 is 0 Å². The molecule has 0 atom stereocenters. The molecule has 0 amide bonds. The van der Waals surface area contributed by atoms with Crippen molar-refractivity contribution in [3.63, 3.8) is 0 Å². The lowest BCUT2D eigenvalue weighted by Crippen LogP contribution is -2.10. The molecular formula is C19H16N2O3. The number of non-ortho nitro benzene ring substituents is 1. The summed E-state index contributed by atoms with van der Waals surface area (Å²) in [6.45, 7) is 3.87. The first-order valence-corrected chi connectivity index (χ1v) is 7.52. The van der Waals surface area contributed by atoms with Crippen LogP contribution in [0.2, 0.25) is 0 Å². The highest BCUT2D eigenvalue weighted by atomic mass is 16.6. The first-order valence-electron chi connectivity index (χ1n) is 7.52. The van der Waals surface area contributed by atoms with Gasteiger partial charge in [-0.2, -0.15) is 0 Å². The molecule has 5 nitrogen and oxygen atoms in total. The minimum atomic E-state index is -0.485. The van der Waals surface area contributed by atoms with E-state index < -0.39 is 4.92 Å². The molecule has 24 heavy (non-hydrogen) atoms. The van der Waals surface area contributed by atoms with Crippen LogP contribution in [0.5, 0.6) is 0 Å². The Morgan fingerprint density at radius 2 is 1.58 bits per heavy atom. The number of benzene rings is 2. The first-order chi connectivity index (χ1) is 11.5. The first kappa shape index (κ1) is 15.7. The van der Waals surface area contributed by atoms with Gasteiger partial charge in [-0.3, -0.25) is 14.9 Å². The van der Waals surface area contributed by atoms with Crippen LogP contribution in [0, 0.1) is 24.0 Å². The van der Waals surface area contributed by atoms with Gasteiger partial charge in [-0.1, -0.05) is 30.3 Å². The van der Waals surface area contributed by atoms with Crippen LogP contribution in [-0.2, 0) is 0 Å². The van der Waals surface area contributed by atoms with Crippen molar-refractivity contribution in [3.05, 3.63) is 93.3 Å². The molecule has 0 bridgehead atoms. The maximum Gasteiger partial charge on any atom is 0.270 e. The third-order valence-corrected chi connectivity index (χ3v) is 3.98. The van der Waals surface area contributed by atoms with Crippen LogP contribution in [0.3, 0.4) is 0 Å². The average Bonchev–Trinajstić information content (AvgIpc) is 2.93. The molecule has 3 rings (SSSR count). The Morgan fingerprint density at radius 3 is 2.17 bits per heavy atom. The zero-order valence-electron chi connectivity index (χ0n) is 13.4. The normalized spacial score (nSPS) is 10.6. The third-order valence-electron chi connectivity index (χ3n) is 3.98. The summed E-state index contributed by atoms with van der Waals surface area (Å²) >= 11 is 0. The SMILES string of the molecule is Cc1ccc(C)n1-c1ccc([N+](=O)[O-])cc1C(=O)c1ccccc1. The van der Waals surface area contributed by atoms with E-state index in [1.165, 1.54) is 12.1 Å². The van der Waals surface area contributed by atoms with Gasteiger partial charge < -0.3 is 4.57 Å². The molecule has 0 spiro atoms. The number of aromatic nitrogens is 1. The van der Waals surface area contributed by atoms with Crippen molar-refractivity contribution in [2.24, 2.45) is 0 Å². The van der Waals surface area contributed by atoms with E-state index in [2.05, 4.69) is 0 Å². The van der Waals surface area contributed by atoms with Crippen LogP contribution < -0.4 is 0 Å². The number of aryl methyl sites for hydroxylation is 2. The molecule has 120 valence electrons. The molecule has 0 fully saturated rings. The summed E-state index contributed by atoms with van der Waals surface area (Å²) in [6, 6.07) is 17.1. The minimum Gasteiger partial charge on any atom is -0.318 e. The maximum atomic E-state index is 12.9. The fourth-order valence-electron chi connectivity index (χ4n) is 2.81. The van der Waals surface area contributed by atoms with Crippen LogP contribution >= 0.6 is 0 Å². The van der Waals surface area contributed by atoms with Crippen molar-refractivity contribution >= 4 is 11.5 Å². The Balaban J connectivity index is 2.24. The molecule has 0 N–H and O–H groups in total. The summed E-state index contributed by atoms with van der Waals surface area (Å²) < 4.78 is 1.93. The van der Waals surface area contributed by atoms with E-state index in [0.717, 1.165) is 11.4 Å². The molecule has 0 saturated heterocycles. The zero-order chi connectivity index (χ0) is 17.3. The second kappa shape index (κ2) is 6.12. The van der Waals surface area contributed by atoms with E-state index in [1.807, 2.05) is 36.6 Å². The summed E-state index contributed by atoms with van der Waals surface area (Å²) in [4.78, 5) is 23.6. The Morgan fingerprint density at radius 1 is 0.958 bits per heavy atom. The number of ketones is 1. The number of rotatable bonds is 4. The van der Waals surface area contributed by atoms with Gasteiger partial charge in [0.15, 0.2) is 5.78 Å². The summed E-state index contributed by atoms with van der Waals surface area (Å²) in [5, 5.41) is 11.1. The van der Waals surface area contributed by atoms with E-state index >= 15 is 0 Å². The number of carbonyl (C=O) groups is 1. The Bertz CT molecular complexity index is 908. The van der Waals surface area contributed by atoms with Crippen molar-refractivity contribution < 1.29 is 9.72 Å². The fourth-order valence-corrected chi connectivity index (χ4v) is 2.81. The lowest BCUT2D eigenvalue weighted by atomic mass is 10.0. The van der Waals surface area contributed by atoms with Crippen molar-refractivity contribution in [3.8, 4) is 5.69 Å². The van der Waals surface area contributed by atoms with E-state index in [1.54, 1.807) is 30.3 Å². The lowest BCUT2D eigenvalue weighted by Gasteiger charge is -2.14. The smallest absolute Gasteiger partial charge is 0.270 e. The number of hydrogen-bond donors (Lipinski definition) is 0. The number of nitro groups is 1. The van der Waals surface area contributed by atoms with Crippen LogP contribution in [0.25, 0.3) is 5.69 Å². The second-order valence-electron chi connectivity index (χ2n) is 5.61. The average molecular weight is 320 g/mol. The largest absolute Gasteiger partial charge is 0.318 e. The summed E-state index contributed by atoms with van der Waals surface area (Å²) in [7, 11) is 0. The van der Waals surface area contributed by atoms with E-state index in [-0.39, 0.29) is 11.5 Å². The predicted molar refractivity (Wildman–Crippen MR) is 91.8 cm³/mol. The van der Waals surface area contributed by atoms with Gasteiger partial charge in [-0.25, -0.2) is 0 Å².